The van der Waals surface area contributed by atoms with Gasteiger partial charge in [0.2, 0.25) is 0 Å². The van der Waals surface area contributed by atoms with E-state index in [2.05, 4.69) is 38.2 Å². The number of allylic oxidation sites excluding steroid dienone is 8. The van der Waals surface area contributed by atoms with Gasteiger partial charge in [0.25, 0.3) is 0 Å². The Hall–Kier alpha value is -1.04. The first-order valence-electron chi connectivity index (χ1n) is 4.43. The lowest BCUT2D eigenvalue weighted by atomic mass is 10.0. The van der Waals surface area contributed by atoms with E-state index in [9.17, 15) is 0 Å². The molecular weight excluding hydrogens is 144 g/mol. The van der Waals surface area contributed by atoms with Gasteiger partial charge in [-0.05, 0) is 49.5 Å². The maximum atomic E-state index is 3.36. The predicted octanol–water partition coefficient (Wildman–Crippen LogP) is 3.34. The summed E-state index contributed by atoms with van der Waals surface area (Å²) < 4.78 is 0. The molecule has 0 aromatic heterocycles. The molecule has 0 nitrogen and oxygen atoms in total. The smallest absolute Gasteiger partial charge is 0.00829 e. The molecule has 0 bridgehead atoms. The van der Waals surface area contributed by atoms with Crippen molar-refractivity contribution in [2.45, 2.75) is 26.7 Å². The topological polar surface area (TPSA) is 0 Å². The summed E-state index contributed by atoms with van der Waals surface area (Å²) in [6.45, 7) is 4.39. The lowest BCUT2D eigenvalue weighted by molar-refractivity contribution is 1.24. The molecule has 61 valence electrons. The average Bonchev–Trinajstić information content (AvgIpc) is 2.64. The second kappa shape index (κ2) is 2.78. The van der Waals surface area contributed by atoms with Crippen LogP contribution in [0.3, 0.4) is 0 Å². The van der Waals surface area contributed by atoms with Crippen LogP contribution in [-0.4, -0.2) is 0 Å². The van der Waals surface area contributed by atoms with Crippen molar-refractivity contribution in [1.82, 2.24) is 0 Å². The van der Waals surface area contributed by atoms with E-state index in [4.69, 9.17) is 0 Å². The lowest BCUT2D eigenvalue weighted by Gasteiger charge is -2.03. The first kappa shape index (κ1) is 7.60. The summed E-state index contributed by atoms with van der Waals surface area (Å²) in [5.74, 6) is 0. The van der Waals surface area contributed by atoms with Gasteiger partial charge in [0, 0.05) is 0 Å². The van der Waals surface area contributed by atoms with E-state index in [1.165, 1.54) is 22.3 Å². The van der Waals surface area contributed by atoms with Crippen molar-refractivity contribution < 1.29 is 0 Å². The summed E-state index contributed by atoms with van der Waals surface area (Å²) in [6.07, 6.45) is 12.1. The van der Waals surface area contributed by atoms with Crippen LogP contribution < -0.4 is 0 Å². The van der Waals surface area contributed by atoms with Crippen molar-refractivity contribution in [3.8, 4) is 0 Å². The monoisotopic (exact) mass is 157 g/mol. The molecule has 0 amide bonds. The second-order valence-corrected chi connectivity index (χ2v) is 3.39. The van der Waals surface area contributed by atoms with Crippen molar-refractivity contribution >= 4 is 0 Å². The molecule has 2 rings (SSSR count). The Morgan fingerprint density at radius 3 is 2.67 bits per heavy atom. The Bertz CT molecular complexity index is 322. The summed E-state index contributed by atoms with van der Waals surface area (Å²) in [6, 6.07) is 0. The van der Waals surface area contributed by atoms with Crippen LogP contribution in [0.2, 0.25) is 0 Å². The van der Waals surface area contributed by atoms with Crippen molar-refractivity contribution in [3.63, 3.8) is 0 Å². The van der Waals surface area contributed by atoms with Gasteiger partial charge < -0.3 is 0 Å². The van der Waals surface area contributed by atoms with Gasteiger partial charge in [0.05, 0.1) is 0 Å². The summed E-state index contributed by atoms with van der Waals surface area (Å²) >= 11 is 0. The molecule has 0 saturated heterocycles. The highest BCUT2D eigenvalue weighted by atomic mass is 14.2. The van der Waals surface area contributed by atoms with Gasteiger partial charge in [-0.15, -0.1) is 0 Å². The van der Waals surface area contributed by atoms with Crippen LogP contribution in [0.25, 0.3) is 0 Å². The first-order valence-corrected chi connectivity index (χ1v) is 4.43. The van der Waals surface area contributed by atoms with Gasteiger partial charge >= 0.3 is 0 Å². The van der Waals surface area contributed by atoms with Gasteiger partial charge in [-0.3, -0.25) is 0 Å². The van der Waals surface area contributed by atoms with Crippen LogP contribution >= 0.6 is 0 Å². The van der Waals surface area contributed by atoms with Gasteiger partial charge in [-0.1, -0.05) is 23.8 Å². The van der Waals surface area contributed by atoms with Crippen molar-refractivity contribution in [1.29, 1.82) is 0 Å². The zero-order valence-corrected chi connectivity index (χ0v) is 7.65. The second-order valence-electron chi connectivity index (χ2n) is 3.39. The van der Waals surface area contributed by atoms with E-state index in [0.717, 1.165) is 12.8 Å². The molecule has 0 aromatic rings. The van der Waals surface area contributed by atoms with Crippen LogP contribution in [0.1, 0.15) is 26.7 Å². The summed E-state index contributed by atoms with van der Waals surface area (Å²) in [5, 5.41) is 0. The third-order valence-corrected chi connectivity index (χ3v) is 2.68. The van der Waals surface area contributed by atoms with Gasteiger partial charge in [0.1, 0.15) is 0 Å². The van der Waals surface area contributed by atoms with Crippen LogP contribution in [0.4, 0.5) is 0 Å². The standard InChI is InChI=1S/C12H13/c1-9-7-8-12(10(9)2)11-5-3-4-6-11/h3,5,7H,4,8H2,1-2H3. The molecule has 12 heavy (non-hydrogen) atoms. The SMILES string of the molecule is CC1=CCC(C2=[C]CC=C2)=C1C. The largest absolute Gasteiger partial charge is 0.0795 e. The molecule has 2 aliphatic rings. The van der Waals surface area contributed by atoms with Crippen LogP contribution in [0.5, 0.6) is 0 Å². The maximum absolute atomic E-state index is 3.36. The molecule has 1 radical (unpaired) electrons. The highest BCUT2D eigenvalue weighted by Gasteiger charge is 2.13. The normalized spacial score (nSPS) is 21.8. The Kier molecular flexibility index (Phi) is 1.76. The molecule has 0 N–H and O–H groups in total. The van der Waals surface area contributed by atoms with Crippen LogP contribution in [0.15, 0.2) is 40.5 Å². The number of hydrogen-bond acceptors (Lipinski definition) is 0. The molecule has 0 heterocycles. The van der Waals surface area contributed by atoms with E-state index >= 15 is 0 Å². The fraction of sp³-hybridized carbons (Fsp3) is 0.333. The molecule has 0 spiro atoms. The molecule has 0 saturated carbocycles. The predicted molar refractivity (Wildman–Crippen MR) is 51.6 cm³/mol. The third-order valence-electron chi connectivity index (χ3n) is 2.68. The number of hydrogen-bond donors (Lipinski definition) is 0. The Morgan fingerprint density at radius 2 is 2.17 bits per heavy atom. The molecule has 2 aliphatic carbocycles. The zero-order chi connectivity index (χ0) is 8.55. The van der Waals surface area contributed by atoms with Gasteiger partial charge in [-0.2, -0.15) is 0 Å². The van der Waals surface area contributed by atoms with Crippen LogP contribution in [0, 0.1) is 6.08 Å². The molecule has 0 aliphatic heterocycles. The summed E-state index contributed by atoms with van der Waals surface area (Å²) in [4.78, 5) is 0. The highest BCUT2D eigenvalue weighted by molar-refractivity contribution is 5.53. The Labute approximate surface area is 74.0 Å². The first-order chi connectivity index (χ1) is 5.79. The van der Waals surface area contributed by atoms with Crippen molar-refractivity contribution in [2.75, 3.05) is 0 Å². The summed E-state index contributed by atoms with van der Waals surface area (Å²) in [7, 11) is 0. The molecule has 0 aromatic carbocycles. The van der Waals surface area contributed by atoms with E-state index < -0.39 is 0 Å². The molecule has 0 heteroatoms. The minimum Gasteiger partial charge on any atom is -0.0795 e. The Morgan fingerprint density at radius 1 is 1.33 bits per heavy atom. The lowest BCUT2D eigenvalue weighted by Crippen LogP contribution is -1.84. The summed E-state index contributed by atoms with van der Waals surface area (Å²) in [5.41, 5.74) is 5.67. The van der Waals surface area contributed by atoms with E-state index in [0.29, 0.717) is 0 Å². The Balaban J connectivity index is 2.33. The fourth-order valence-corrected chi connectivity index (χ4v) is 1.72. The number of rotatable bonds is 1. The molecular formula is C12H13. The fourth-order valence-electron chi connectivity index (χ4n) is 1.72. The van der Waals surface area contributed by atoms with E-state index in [-0.39, 0.29) is 0 Å². The van der Waals surface area contributed by atoms with Crippen molar-refractivity contribution in [2.24, 2.45) is 0 Å². The molecule has 0 unspecified atom stereocenters. The van der Waals surface area contributed by atoms with Gasteiger partial charge in [0.15, 0.2) is 0 Å². The minimum atomic E-state index is 0.991. The zero-order valence-electron chi connectivity index (χ0n) is 7.65. The quantitative estimate of drug-likeness (QED) is 0.547. The van der Waals surface area contributed by atoms with E-state index in [1.807, 2.05) is 0 Å². The van der Waals surface area contributed by atoms with Crippen LogP contribution in [-0.2, 0) is 0 Å². The molecule has 0 fully saturated rings. The van der Waals surface area contributed by atoms with Gasteiger partial charge in [-0.25, -0.2) is 0 Å². The highest BCUT2D eigenvalue weighted by Crippen LogP contribution is 2.32. The third kappa shape index (κ3) is 1.08. The van der Waals surface area contributed by atoms with E-state index in [1.54, 1.807) is 0 Å². The molecule has 0 atom stereocenters. The average molecular weight is 157 g/mol. The van der Waals surface area contributed by atoms with Crippen molar-refractivity contribution in [3.05, 3.63) is 46.6 Å². The minimum absolute atomic E-state index is 0.991. The maximum Gasteiger partial charge on any atom is -0.00829 e.